The van der Waals surface area contributed by atoms with Gasteiger partial charge in [-0.05, 0) is 42.5 Å². The molecular formula is C21H19N3O. The van der Waals surface area contributed by atoms with Crippen LogP contribution in [0.3, 0.4) is 0 Å². The fourth-order valence-electron chi connectivity index (χ4n) is 3.68. The summed E-state index contributed by atoms with van der Waals surface area (Å²) in [5.74, 6) is -0.209. The molecule has 4 nitrogen and oxygen atoms in total. The minimum atomic E-state index is -0.209. The number of anilines is 2. The number of fused-ring (bicyclic) bond motifs is 2. The molecule has 0 spiro atoms. The van der Waals surface area contributed by atoms with E-state index >= 15 is 0 Å². The molecule has 0 aromatic heterocycles. The van der Waals surface area contributed by atoms with E-state index in [-0.39, 0.29) is 11.5 Å². The quantitative estimate of drug-likeness (QED) is 0.626. The Hall–Kier alpha value is -3.06. The summed E-state index contributed by atoms with van der Waals surface area (Å²) in [6.45, 7) is 1.46. The molecule has 0 fully saturated rings. The third kappa shape index (κ3) is 2.78. The molecule has 0 saturated carbocycles. The van der Waals surface area contributed by atoms with Gasteiger partial charge >= 0.3 is 0 Å². The molecule has 25 heavy (non-hydrogen) atoms. The van der Waals surface area contributed by atoms with Gasteiger partial charge in [-0.2, -0.15) is 5.26 Å². The standard InChI is InChI=1S/C21H19N3O/c22-14-18(15-23-13-11-17-7-1-3-9-19(17)23)21(25)24-12-5-8-16-6-2-4-10-20(16)24/h1-4,6-7,9-10,15H,5,8,11-13H2/b18-15-. The van der Waals surface area contributed by atoms with Gasteiger partial charge in [-0.3, -0.25) is 4.79 Å². The largest absolute Gasteiger partial charge is 0.346 e. The third-order valence-electron chi connectivity index (χ3n) is 4.91. The first-order valence-electron chi connectivity index (χ1n) is 8.64. The Labute approximate surface area is 147 Å². The molecule has 2 heterocycles. The van der Waals surface area contributed by atoms with Crippen LogP contribution in [0.4, 0.5) is 11.4 Å². The van der Waals surface area contributed by atoms with Gasteiger partial charge in [0.25, 0.3) is 5.91 Å². The number of benzene rings is 2. The van der Waals surface area contributed by atoms with Gasteiger partial charge in [0, 0.05) is 30.7 Å². The minimum absolute atomic E-state index is 0.188. The van der Waals surface area contributed by atoms with E-state index in [4.69, 9.17) is 0 Å². The number of aryl methyl sites for hydroxylation is 1. The lowest BCUT2D eigenvalue weighted by molar-refractivity contribution is -0.114. The van der Waals surface area contributed by atoms with Gasteiger partial charge in [-0.1, -0.05) is 36.4 Å². The van der Waals surface area contributed by atoms with E-state index in [9.17, 15) is 10.1 Å². The summed E-state index contributed by atoms with van der Waals surface area (Å²) in [5.41, 5.74) is 4.63. The number of para-hydroxylation sites is 2. The van der Waals surface area contributed by atoms with Gasteiger partial charge in [0.1, 0.15) is 11.6 Å². The monoisotopic (exact) mass is 329 g/mol. The zero-order valence-corrected chi connectivity index (χ0v) is 14.0. The second-order valence-electron chi connectivity index (χ2n) is 6.42. The van der Waals surface area contributed by atoms with E-state index in [1.165, 1.54) is 11.1 Å². The van der Waals surface area contributed by atoms with E-state index in [1.807, 2.05) is 41.3 Å². The first kappa shape index (κ1) is 15.5. The summed E-state index contributed by atoms with van der Waals surface area (Å²) in [4.78, 5) is 16.8. The highest BCUT2D eigenvalue weighted by Gasteiger charge is 2.26. The number of hydrogen-bond acceptors (Lipinski definition) is 3. The molecule has 2 aromatic rings. The lowest BCUT2D eigenvalue weighted by atomic mass is 10.0. The molecule has 0 atom stereocenters. The van der Waals surface area contributed by atoms with Crippen LogP contribution >= 0.6 is 0 Å². The van der Waals surface area contributed by atoms with Crippen LogP contribution in [-0.2, 0) is 17.6 Å². The molecular weight excluding hydrogens is 310 g/mol. The number of nitriles is 1. The number of carbonyl (C=O) groups excluding carboxylic acids is 1. The Morgan fingerprint density at radius 1 is 0.960 bits per heavy atom. The first-order chi connectivity index (χ1) is 12.3. The molecule has 2 aliphatic heterocycles. The van der Waals surface area contributed by atoms with Crippen molar-refractivity contribution < 1.29 is 4.79 Å². The van der Waals surface area contributed by atoms with Gasteiger partial charge in [0.2, 0.25) is 0 Å². The SMILES string of the molecule is N#C/C(=C/N1CCc2ccccc21)C(=O)N1CCCc2ccccc21. The van der Waals surface area contributed by atoms with Crippen molar-refractivity contribution in [3.8, 4) is 6.07 Å². The number of hydrogen-bond donors (Lipinski definition) is 0. The summed E-state index contributed by atoms with van der Waals surface area (Å²) >= 11 is 0. The molecule has 124 valence electrons. The van der Waals surface area contributed by atoms with Crippen molar-refractivity contribution in [1.82, 2.24) is 0 Å². The second-order valence-corrected chi connectivity index (χ2v) is 6.42. The number of amides is 1. The van der Waals surface area contributed by atoms with Crippen LogP contribution in [0.5, 0.6) is 0 Å². The highest BCUT2D eigenvalue weighted by atomic mass is 16.2. The topological polar surface area (TPSA) is 47.3 Å². The maximum Gasteiger partial charge on any atom is 0.270 e. The molecule has 4 rings (SSSR count). The van der Waals surface area contributed by atoms with Crippen LogP contribution < -0.4 is 9.80 Å². The van der Waals surface area contributed by atoms with Gasteiger partial charge in [0.05, 0.1) is 0 Å². The lowest BCUT2D eigenvalue weighted by Crippen LogP contribution is -2.36. The first-order valence-corrected chi connectivity index (χ1v) is 8.64. The van der Waals surface area contributed by atoms with Crippen LogP contribution in [0.15, 0.2) is 60.3 Å². The summed E-state index contributed by atoms with van der Waals surface area (Å²) in [6.07, 6.45) is 4.55. The van der Waals surface area contributed by atoms with Crippen molar-refractivity contribution in [1.29, 1.82) is 5.26 Å². The van der Waals surface area contributed by atoms with Crippen molar-refractivity contribution >= 4 is 17.3 Å². The molecule has 0 saturated heterocycles. The summed E-state index contributed by atoms with van der Waals surface area (Å²) in [5, 5.41) is 9.59. The van der Waals surface area contributed by atoms with Crippen LogP contribution in [0, 0.1) is 11.3 Å². The van der Waals surface area contributed by atoms with Crippen molar-refractivity contribution in [2.75, 3.05) is 22.9 Å². The smallest absolute Gasteiger partial charge is 0.270 e. The zero-order valence-electron chi connectivity index (χ0n) is 14.0. The average molecular weight is 329 g/mol. The maximum absolute atomic E-state index is 13.0. The normalized spacial score (nSPS) is 16.2. The van der Waals surface area contributed by atoms with E-state index in [0.717, 1.165) is 37.2 Å². The molecule has 0 bridgehead atoms. The highest BCUT2D eigenvalue weighted by Crippen LogP contribution is 2.30. The van der Waals surface area contributed by atoms with Crippen LogP contribution in [-0.4, -0.2) is 19.0 Å². The van der Waals surface area contributed by atoms with E-state index in [0.29, 0.717) is 6.54 Å². The molecule has 2 aliphatic rings. The fourth-order valence-corrected chi connectivity index (χ4v) is 3.68. The van der Waals surface area contributed by atoms with E-state index < -0.39 is 0 Å². The Morgan fingerprint density at radius 3 is 2.40 bits per heavy atom. The van der Waals surface area contributed by atoms with Crippen LogP contribution in [0.1, 0.15) is 17.5 Å². The third-order valence-corrected chi connectivity index (χ3v) is 4.91. The van der Waals surface area contributed by atoms with Crippen molar-refractivity contribution in [2.45, 2.75) is 19.3 Å². The van der Waals surface area contributed by atoms with Crippen LogP contribution in [0.2, 0.25) is 0 Å². The maximum atomic E-state index is 13.0. The average Bonchev–Trinajstić information content (AvgIpc) is 3.08. The van der Waals surface area contributed by atoms with Crippen molar-refractivity contribution in [3.63, 3.8) is 0 Å². The molecule has 0 aliphatic carbocycles. The predicted octanol–water partition coefficient (Wildman–Crippen LogP) is 3.44. The lowest BCUT2D eigenvalue weighted by Gasteiger charge is -2.29. The molecule has 0 N–H and O–H groups in total. The molecule has 2 aromatic carbocycles. The zero-order chi connectivity index (χ0) is 17.2. The Balaban J connectivity index is 1.65. The number of nitrogens with zero attached hydrogens (tertiary/aromatic N) is 3. The Bertz CT molecular complexity index is 894. The van der Waals surface area contributed by atoms with Crippen molar-refractivity contribution in [2.24, 2.45) is 0 Å². The summed E-state index contributed by atoms with van der Waals surface area (Å²) in [6, 6.07) is 18.2. The summed E-state index contributed by atoms with van der Waals surface area (Å²) in [7, 11) is 0. The van der Waals surface area contributed by atoms with Gasteiger partial charge in [0.15, 0.2) is 0 Å². The number of carbonyl (C=O) groups is 1. The van der Waals surface area contributed by atoms with Gasteiger partial charge in [-0.15, -0.1) is 0 Å². The molecule has 1 amide bonds. The molecule has 4 heteroatoms. The predicted molar refractivity (Wildman–Crippen MR) is 98.3 cm³/mol. The van der Waals surface area contributed by atoms with Gasteiger partial charge < -0.3 is 9.80 Å². The fraction of sp³-hybridized carbons (Fsp3) is 0.238. The van der Waals surface area contributed by atoms with Crippen LogP contribution in [0.25, 0.3) is 0 Å². The molecule has 0 radical (unpaired) electrons. The Kier molecular flexibility index (Phi) is 3.99. The Morgan fingerprint density at radius 2 is 1.64 bits per heavy atom. The molecule has 0 unspecified atom stereocenters. The highest BCUT2D eigenvalue weighted by molar-refractivity contribution is 6.09. The minimum Gasteiger partial charge on any atom is -0.346 e. The number of rotatable bonds is 2. The van der Waals surface area contributed by atoms with E-state index in [2.05, 4.69) is 18.2 Å². The second kappa shape index (κ2) is 6.45. The van der Waals surface area contributed by atoms with Crippen molar-refractivity contribution in [3.05, 3.63) is 71.4 Å². The van der Waals surface area contributed by atoms with E-state index in [1.54, 1.807) is 11.1 Å². The van der Waals surface area contributed by atoms with Gasteiger partial charge in [-0.25, -0.2) is 0 Å². The summed E-state index contributed by atoms with van der Waals surface area (Å²) < 4.78 is 0.